The van der Waals surface area contributed by atoms with E-state index in [0.717, 1.165) is 23.3 Å². The summed E-state index contributed by atoms with van der Waals surface area (Å²) >= 11 is 1.47. The molecule has 3 heterocycles. The van der Waals surface area contributed by atoms with Gasteiger partial charge in [0.15, 0.2) is 0 Å². The first-order valence-corrected chi connectivity index (χ1v) is 8.74. The number of hydrogen-bond acceptors (Lipinski definition) is 4. The van der Waals surface area contributed by atoms with Gasteiger partial charge in [-0.3, -0.25) is 4.79 Å². The molecular formula is C16H19N3O3S. The molecule has 0 saturated carbocycles. The average molecular weight is 333 g/mol. The average Bonchev–Trinajstić information content (AvgIpc) is 3.12. The second-order valence-corrected chi connectivity index (χ2v) is 6.77. The minimum atomic E-state index is -0.906. The Morgan fingerprint density at radius 1 is 1.39 bits per heavy atom. The molecule has 1 saturated heterocycles. The smallest absolute Gasteiger partial charge is 0.326 e. The van der Waals surface area contributed by atoms with E-state index in [1.807, 2.05) is 35.9 Å². The lowest BCUT2D eigenvalue weighted by Crippen LogP contribution is -2.41. The van der Waals surface area contributed by atoms with E-state index >= 15 is 0 Å². The number of likely N-dealkylation sites (tertiary alicyclic amines) is 1. The standard InChI is InChI=1S/C16H19N3O3S/c1-11-4-5-14-17-12(8-18(14)7-11)9-23-10-15(20)19-6-2-3-13(19)16(21)22/h4-5,7-8,13H,2-3,6,9-10H2,1H3,(H,21,22)/t13-/m1/s1. The Kier molecular flexibility index (Phi) is 4.56. The van der Waals surface area contributed by atoms with Crippen LogP contribution in [-0.4, -0.2) is 49.6 Å². The number of imidazole rings is 1. The minimum absolute atomic E-state index is 0.0977. The van der Waals surface area contributed by atoms with Gasteiger partial charge in [-0.15, -0.1) is 11.8 Å². The normalized spacial score (nSPS) is 17.8. The summed E-state index contributed by atoms with van der Waals surface area (Å²) in [6.07, 6.45) is 5.30. The van der Waals surface area contributed by atoms with Crippen LogP contribution in [0.15, 0.2) is 24.5 Å². The number of aryl methyl sites for hydroxylation is 1. The summed E-state index contributed by atoms with van der Waals surface area (Å²) in [5.41, 5.74) is 2.98. The van der Waals surface area contributed by atoms with Gasteiger partial charge in [-0.25, -0.2) is 9.78 Å². The van der Waals surface area contributed by atoms with E-state index in [4.69, 9.17) is 5.11 Å². The molecule has 1 fully saturated rings. The second-order valence-electron chi connectivity index (χ2n) is 5.78. The van der Waals surface area contributed by atoms with E-state index in [1.165, 1.54) is 16.7 Å². The SMILES string of the molecule is Cc1ccc2nc(CSCC(=O)N3CCC[C@@H]3C(=O)O)cn2c1. The molecule has 1 atom stereocenters. The molecule has 0 radical (unpaired) electrons. The second kappa shape index (κ2) is 6.62. The Morgan fingerprint density at radius 2 is 2.22 bits per heavy atom. The molecule has 0 unspecified atom stereocenters. The van der Waals surface area contributed by atoms with Gasteiger partial charge in [-0.05, 0) is 31.4 Å². The number of aromatic nitrogens is 2. The number of fused-ring (bicyclic) bond motifs is 1. The van der Waals surface area contributed by atoms with Gasteiger partial charge in [0.2, 0.25) is 5.91 Å². The lowest BCUT2D eigenvalue weighted by atomic mass is 10.2. The number of carbonyl (C=O) groups excluding carboxylic acids is 1. The van der Waals surface area contributed by atoms with Crippen molar-refractivity contribution < 1.29 is 14.7 Å². The van der Waals surface area contributed by atoms with Crippen LogP contribution < -0.4 is 0 Å². The van der Waals surface area contributed by atoms with E-state index in [-0.39, 0.29) is 11.7 Å². The summed E-state index contributed by atoms with van der Waals surface area (Å²) in [4.78, 5) is 29.3. The Hall–Kier alpha value is -2.02. The minimum Gasteiger partial charge on any atom is -0.480 e. The molecule has 3 rings (SSSR count). The van der Waals surface area contributed by atoms with Crippen molar-refractivity contribution in [2.45, 2.75) is 31.6 Å². The van der Waals surface area contributed by atoms with Crippen molar-refractivity contribution in [3.63, 3.8) is 0 Å². The molecular weight excluding hydrogens is 314 g/mol. The highest BCUT2D eigenvalue weighted by Gasteiger charge is 2.33. The Balaban J connectivity index is 1.56. The quantitative estimate of drug-likeness (QED) is 0.905. The zero-order valence-corrected chi connectivity index (χ0v) is 13.8. The topological polar surface area (TPSA) is 74.9 Å². The Morgan fingerprint density at radius 3 is 3.00 bits per heavy atom. The third-order valence-electron chi connectivity index (χ3n) is 3.98. The Labute approximate surface area is 138 Å². The highest BCUT2D eigenvalue weighted by atomic mass is 32.2. The molecule has 1 aliphatic rings. The van der Waals surface area contributed by atoms with Crippen molar-refractivity contribution >= 4 is 29.3 Å². The molecule has 1 amide bonds. The van der Waals surface area contributed by atoms with Crippen molar-refractivity contribution in [2.24, 2.45) is 0 Å². The van der Waals surface area contributed by atoms with Gasteiger partial charge in [-0.1, -0.05) is 6.07 Å². The fourth-order valence-electron chi connectivity index (χ4n) is 2.87. The van der Waals surface area contributed by atoms with Gasteiger partial charge in [0.25, 0.3) is 0 Å². The van der Waals surface area contributed by atoms with Gasteiger partial charge >= 0.3 is 5.97 Å². The summed E-state index contributed by atoms with van der Waals surface area (Å²) in [5.74, 6) is -0.0783. The largest absolute Gasteiger partial charge is 0.480 e. The number of carboxylic acids is 1. The predicted octanol–water partition coefficient (Wildman–Crippen LogP) is 1.95. The molecule has 23 heavy (non-hydrogen) atoms. The van der Waals surface area contributed by atoms with E-state index in [1.54, 1.807) is 0 Å². The fourth-order valence-corrected chi connectivity index (χ4v) is 3.66. The van der Waals surface area contributed by atoms with Crippen molar-refractivity contribution in [1.82, 2.24) is 14.3 Å². The van der Waals surface area contributed by atoms with Gasteiger partial charge in [0.1, 0.15) is 11.7 Å². The molecule has 0 spiro atoms. The number of aliphatic carboxylic acids is 1. The molecule has 1 aliphatic heterocycles. The maximum absolute atomic E-state index is 12.2. The van der Waals surface area contributed by atoms with Gasteiger partial charge < -0.3 is 14.4 Å². The van der Waals surface area contributed by atoms with Crippen LogP contribution in [0.3, 0.4) is 0 Å². The van der Waals surface area contributed by atoms with Gasteiger partial charge in [0.05, 0.1) is 11.4 Å². The van der Waals surface area contributed by atoms with E-state index in [2.05, 4.69) is 4.98 Å². The van der Waals surface area contributed by atoms with Crippen LogP contribution in [0.5, 0.6) is 0 Å². The highest BCUT2D eigenvalue weighted by molar-refractivity contribution is 7.99. The fraction of sp³-hybridized carbons (Fsp3) is 0.438. The van der Waals surface area contributed by atoms with Crippen LogP contribution in [0.4, 0.5) is 0 Å². The molecule has 0 bridgehead atoms. The summed E-state index contributed by atoms with van der Waals surface area (Å²) in [6, 6.07) is 3.33. The molecule has 2 aromatic heterocycles. The molecule has 0 aromatic carbocycles. The maximum Gasteiger partial charge on any atom is 0.326 e. The Bertz CT molecular complexity index is 743. The summed E-state index contributed by atoms with van der Waals surface area (Å²) in [7, 11) is 0. The van der Waals surface area contributed by atoms with E-state index in [0.29, 0.717) is 18.7 Å². The third-order valence-corrected chi connectivity index (χ3v) is 4.93. The van der Waals surface area contributed by atoms with Crippen molar-refractivity contribution in [2.75, 3.05) is 12.3 Å². The number of hydrogen-bond donors (Lipinski definition) is 1. The molecule has 0 aliphatic carbocycles. The van der Waals surface area contributed by atoms with Crippen LogP contribution in [0, 0.1) is 6.92 Å². The number of carbonyl (C=O) groups is 2. The maximum atomic E-state index is 12.2. The molecule has 122 valence electrons. The molecule has 7 heteroatoms. The van der Waals surface area contributed by atoms with Gasteiger partial charge in [0, 0.05) is 24.7 Å². The lowest BCUT2D eigenvalue weighted by molar-refractivity contribution is -0.147. The number of carboxylic acid groups (broad SMARTS) is 1. The highest BCUT2D eigenvalue weighted by Crippen LogP contribution is 2.20. The predicted molar refractivity (Wildman–Crippen MR) is 88.5 cm³/mol. The van der Waals surface area contributed by atoms with Crippen LogP contribution in [0.1, 0.15) is 24.1 Å². The zero-order valence-electron chi connectivity index (χ0n) is 12.9. The number of thioether (sulfide) groups is 1. The van der Waals surface area contributed by atoms with E-state index < -0.39 is 12.0 Å². The first kappa shape index (κ1) is 15.9. The van der Waals surface area contributed by atoms with Crippen molar-refractivity contribution in [3.8, 4) is 0 Å². The van der Waals surface area contributed by atoms with Crippen LogP contribution in [0.25, 0.3) is 5.65 Å². The number of amides is 1. The molecule has 1 N–H and O–H groups in total. The number of rotatable bonds is 5. The van der Waals surface area contributed by atoms with Crippen molar-refractivity contribution in [3.05, 3.63) is 35.8 Å². The van der Waals surface area contributed by atoms with Gasteiger partial charge in [-0.2, -0.15) is 0 Å². The first-order valence-electron chi connectivity index (χ1n) is 7.59. The summed E-state index contributed by atoms with van der Waals surface area (Å²) in [6.45, 7) is 2.57. The molecule has 6 nitrogen and oxygen atoms in total. The third kappa shape index (κ3) is 3.50. The van der Waals surface area contributed by atoms with Crippen LogP contribution in [-0.2, 0) is 15.3 Å². The lowest BCUT2D eigenvalue weighted by Gasteiger charge is -2.21. The van der Waals surface area contributed by atoms with Crippen LogP contribution in [0.2, 0.25) is 0 Å². The summed E-state index contributed by atoms with van der Waals surface area (Å²) < 4.78 is 1.98. The number of nitrogens with zero attached hydrogens (tertiary/aromatic N) is 3. The first-order chi connectivity index (χ1) is 11.0. The monoisotopic (exact) mass is 333 g/mol. The van der Waals surface area contributed by atoms with Crippen molar-refractivity contribution in [1.29, 1.82) is 0 Å². The van der Waals surface area contributed by atoms with Crippen LogP contribution >= 0.6 is 11.8 Å². The van der Waals surface area contributed by atoms with E-state index in [9.17, 15) is 9.59 Å². The number of pyridine rings is 1. The zero-order chi connectivity index (χ0) is 16.4. The summed E-state index contributed by atoms with van der Waals surface area (Å²) in [5, 5.41) is 9.13. The molecule has 2 aromatic rings.